The van der Waals surface area contributed by atoms with Crippen molar-refractivity contribution >= 4 is 11.9 Å². The van der Waals surface area contributed by atoms with Crippen LogP contribution in [0.2, 0.25) is 0 Å². The third-order valence-corrected chi connectivity index (χ3v) is 2.11. The summed E-state index contributed by atoms with van der Waals surface area (Å²) in [6.45, 7) is 4.95. The van der Waals surface area contributed by atoms with Crippen LogP contribution in [0.25, 0.3) is 0 Å². The third-order valence-electron chi connectivity index (χ3n) is 2.11. The molecule has 0 heterocycles. The Hall–Kier alpha value is -1.10. The van der Waals surface area contributed by atoms with E-state index in [2.05, 4.69) is 5.32 Å². The minimum absolute atomic E-state index is 0.222. The van der Waals surface area contributed by atoms with Gasteiger partial charge in [0, 0.05) is 19.6 Å². The van der Waals surface area contributed by atoms with E-state index >= 15 is 0 Å². The molecule has 0 aliphatic heterocycles. The van der Waals surface area contributed by atoms with Crippen molar-refractivity contribution in [3.05, 3.63) is 0 Å². The lowest BCUT2D eigenvalue weighted by molar-refractivity contribution is -0.142. The number of amides is 1. The first-order valence-corrected chi connectivity index (χ1v) is 5.71. The second-order valence-electron chi connectivity index (χ2n) is 3.55. The lowest BCUT2D eigenvalue weighted by Gasteiger charge is -2.13. The Bertz CT molecular complexity index is 218. The summed E-state index contributed by atoms with van der Waals surface area (Å²) in [7, 11) is 0. The van der Waals surface area contributed by atoms with Crippen LogP contribution in [-0.4, -0.2) is 36.2 Å². The first-order chi connectivity index (χ1) is 7.61. The largest absolute Gasteiger partial charge is 0.480 e. The van der Waals surface area contributed by atoms with Crippen LogP contribution < -0.4 is 5.32 Å². The highest BCUT2D eigenvalue weighted by atomic mass is 16.5. The van der Waals surface area contributed by atoms with Crippen molar-refractivity contribution < 1.29 is 19.4 Å². The Balaban J connectivity index is 3.77. The maximum atomic E-state index is 11.4. The van der Waals surface area contributed by atoms with Gasteiger partial charge in [-0.2, -0.15) is 0 Å². The number of carbonyl (C=O) groups is 2. The molecular formula is C11H21NO4. The fourth-order valence-electron chi connectivity index (χ4n) is 1.29. The van der Waals surface area contributed by atoms with E-state index < -0.39 is 12.0 Å². The minimum atomic E-state index is -0.972. The zero-order valence-corrected chi connectivity index (χ0v) is 9.99. The number of aliphatic carboxylic acids is 1. The highest BCUT2D eigenvalue weighted by Gasteiger charge is 2.18. The molecule has 1 atom stereocenters. The number of hydrogen-bond acceptors (Lipinski definition) is 3. The molecule has 0 aromatic rings. The molecule has 0 bridgehead atoms. The maximum absolute atomic E-state index is 11.4. The van der Waals surface area contributed by atoms with Crippen LogP contribution in [0.1, 0.15) is 39.5 Å². The van der Waals surface area contributed by atoms with Gasteiger partial charge in [0.1, 0.15) is 6.04 Å². The average molecular weight is 231 g/mol. The molecule has 16 heavy (non-hydrogen) atoms. The molecule has 0 unspecified atom stereocenters. The molecule has 0 spiro atoms. The summed E-state index contributed by atoms with van der Waals surface area (Å²) in [5.41, 5.74) is 0. The molecule has 0 aromatic carbocycles. The van der Waals surface area contributed by atoms with E-state index in [9.17, 15) is 9.59 Å². The van der Waals surface area contributed by atoms with Crippen LogP contribution in [0.5, 0.6) is 0 Å². The number of carboxylic acid groups (broad SMARTS) is 1. The van der Waals surface area contributed by atoms with Crippen molar-refractivity contribution in [2.24, 2.45) is 0 Å². The smallest absolute Gasteiger partial charge is 0.326 e. The fourth-order valence-corrected chi connectivity index (χ4v) is 1.29. The number of carboxylic acids is 1. The predicted octanol–water partition coefficient (Wildman–Crippen LogP) is 1.17. The zero-order valence-electron chi connectivity index (χ0n) is 9.99. The van der Waals surface area contributed by atoms with Crippen LogP contribution in [-0.2, 0) is 14.3 Å². The van der Waals surface area contributed by atoms with Crippen molar-refractivity contribution in [2.45, 2.75) is 45.6 Å². The van der Waals surface area contributed by atoms with Gasteiger partial charge in [-0.1, -0.05) is 13.3 Å². The van der Waals surface area contributed by atoms with E-state index in [0.29, 0.717) is 32.5 Å². The summed E-state index contributed by atoms with van der Waals surface area (Å²) in [5.74, 6) is -1.19. The quantitative estimate of drug-likeness (QED) is 0.584. The molecule has 0 fully saturated rings. The Morgan fingerprint density at radius 3 is 2.56 bits per heavy atom. The molecule has 0 saturated heterocycles. The maximum Gasteiger partial charge on any atom is 0.326 e. The van der Waals surface area contributed by atoms with Gasteiger partial charge in [-0.05, 0) is 19.8 Å². The van der Waals surface area contributed by atoms with Gasteiger partial charge >= 0.3 is 5.97 Å². The molecule has 0 rings (SSSR count). The van der Waals surface area contributed by atoms with E-state index in [1.807, 2.05) is 13.8 Å². The van der Waals surface area contributed by atoms with E-state index in [1.54, 1.807) is 0 Å². The van der Waals surface area contributed by atoms with Crippen LogP contribution in [0.3, 0.4) is 0 Å². The lowest BCUT2D eigenvalue weighted by atomic mass is 10.1. The first kappa shape index (κ1) is 14.9. The Kier molecular flexibility index (Phi) is 8.52. The summed E-state index contributed by atoms with van der Waals surface area (Å²) >= 11 is 0. The van der Waals surface area contributed by atoms with Crippen molar-refractivity contribution in [3.8, 4) is 0 Å². The molecule has 0 aliphatic carbocycles. The third kappa shape index (κ3) is 7.23. The number of ether oxygens (including phenoxy) is 1. The van der Waals surface area contributed by atoms with Gasteiger partial charge in [0.2, 0.25) is 5.91 Å². The number of rotatable bonds is 9. The number of carbonyl (C=O) groups excluding carboxylic acids is 1. The fraction of sp³-hybridized carbons (Fsp3) is 0.818. The van der Waals surface area contributed by atoms with E-state index in [-0.39, 0.29) is 5.91 Å². The molecule has 5 heteroatoms. The van der Waals surface area contributed by atoms with Gasteiger partial charge in [-0.3, -0.25) is 4.79 Å². The summed E-state index contributed by atoms with van der Waals surface area (Å²) in [5, 5.41) is 11.3. The van der Waals surface area contributed by atoms with Gasteiger partial charge < -0.3 is 15.2 Å². The number of hydrogen-bond donors (Lipinski definition) is 2. The summed E-state index contributed by atoms with van der Waals surface area (Å²) in [6, 6.07) is -0.760. The van der Waals surface area contributed by atoms with Gasteiger partial charge in [0.25, 0.3) is 0 Å². The van der Waals surface area contributed by atoms with Crippen molar-refractivity contribution in [1.29, 1.82) is 0 Å². The molecule has 94 valence electrons. The first-order valence-electron chi connectivity index (χ1n) is 5.71. The zero-order chi connectivity index (χ0) is 12.4. The van der Waals surface area contributed by atoms with E-state index in [1.165, 1.54) is 0 Å². The Morgan fingerprint density at radius 1 is 1.38 bits per heavy atom. The van der Waals surface area contributed by atoms with Gasteiger partial charge in [-0.25, -0.2) is 4.79 Å². The van der Waals surface area contributed by atoms with E-state index in [0.717, 1.165) is 6.42 Å². The molecule has 0 radical (unpaired) electrons. The molecule has 0 aromatic heterocycles. The second-order valence-corrected chi connectivity index (χ2v) is 3.55. The second kappa shape index (κ2) is 9.15. The van der Waals surface area contributed by atoms with Crippen LogP contribution in [0, 0.1) is 0 Å². The molecule has 5 nitrogen and oxygen atoms in total. The standard InChI is InChI=1S/C11H21NO4/c1-3-6-9(11(14)15)12-10(13)7-5-8-16-4-2/h9H,3-8H2,1-2H3,(H,12,13)(H,14,15)/t9-/m1/s1. The highest BCUT2D eigenvalue weighted by Crippen LogP contribution is 1.99. The summed E-state index contributed by atoms with van der Waals surface area (Å²) in [4.78, 5) is 22.1. The SMILES string of the molecule is CCC[C@@H](NC(=O)CCCOCC)C(=O)O. The predicted molar refractivity (Wildman–Crippen MR) is 60.2 cm³/mol. The van der Waals surface area contributed by atoms with Crippen molar-refractivity contribution in [1.82, 2.24) is 5.32 Å². The summed E-state index contributed by atoms with van der Waals surface area (Å²) in [6.07, 6.45) is 2.13. The molecular weight excluding hydrogens is 210 g/mol. The van der Waals surface area contributed by atoms with Crippen molar-refractivity contribution in [3.63, 3.8) is 0 Å². The monoisotopic (exact) mass is 231 g/mol. The molecule has 0 aliphatic rings. The van der Waals surface area contributed by atoms with Gasteiger partial charge in [0.05, 0.1) is 0 Å². The van der Waals surface area contributed by atoms with Crippen LogP contribution in [0.15, 0.2) is 0 Å². The van der Waals surface area contributed by atoms with Crippen molar-refractivity contribution in [2.75, 3.05) is 13.2 Å². The topological polar surface area (TPSA) is 75.6 Å². The molecule has 0 saturated carbocycles. The van der Waals surface area contributed by atoms with Gasteiger partial charge in [-0.15, -0.1) is 0 Å². The summed E-state index contributed by atoms with van der Waals surface area (Å²) < 4.78 is 5.09. The normalized spacial score (nSPS) is 12.1. The van der Waals surface area contributed by atoms with Crippen LogP contribution in [0.4, 0.5) is 0 Å². The lowest BCUT2D eigenvalue weighted by Crippen LogP contribution is -2.40. The van der Waals surface area contributed by atoms with Crippen LogP contribution >= 0.6 is 0 Å². The number of nitrogens with one attached hydrogen (secondary N) is 1. The average Bonchev–Trinajstić information content (AvgIpc) is 2.23. The van der Waals surface area contributed by atoms with Gasteiger partial charge in [0.15, 0.2) is 0 Å². The Labute approximate surface area is 96.2 Å². The highest BCUT2D eigenvalue weighted by molar-refractivity contribution is 5.83. The minimum Gasteiger partial charge on any atom is -0.480 e. The molecule has 1 amide bonds. The molecule has 2 N–H and O–H groups in total. The van der Waals surface area contributed by atoms with E-state index in [4.69, 9.17) is 9.84 Å². The Morgan fingerprint density at radius 2 is 2.06 bits per heavy atom.